The summed E-state index contributed by atoms with van der Waals surface area (Å²) in [6.45, 7) is 1.95. The second kappa shape index (κ2) is 8.12. The van der Waals surface area contributed by atoms with Crippen LogP contribution in [0.1, 0.15) is 18.1 Å². The molecule has 3 rings (SSSR count). The molecule has 6 heteroatoms. The van der Waals surface area contributed by atoms with Gasteiger partial charge in [0.15, 0.2) is 0 Å². The Morgan fingerprint density at radius 2 is 1.69 bits per heavy atom. The van der Waals surface area contributed by atoms with E-state index in [2.05, 4.69) is 0 Å². The molecule has 0 spiro atoms. The van der Waals surface area contributed by atoms with Crippen LogP contribution in [0.25, 0.3) is 6.08 Å². The van der Waals surface area contributed by atoms with Crippen molar-refractivity contribution in [3.05, 3.63) is 86.3 Å². The van der Waals surface area contributed by atoms with Crippen molar-refractivity contribution >= 4 is 52.2 Å². The van der Waals surface area contributed by atoms with Gasteiger partial charge in [-0.05, 0) is 48.0 Å². The van der Waals surface area contributed by atoms with Crippen molar-refractivity contribution in [2.75, 3.05) is 0 Å². The van der Waals surface area contributed by atoms with Crippen LogP contribution in [-0.4, -0.2) is 16.0 Å². The largest absolute Gasteiger partial charge is 0.293 e. The van der Waals surface area contributed by atoms with Crippen LogP contribution in [0.5, 0.6) is 0 Å². The van der Waals surface area contributed by atoms with Gasteiger partial charge in [0.05, 0.1) is 11.4 Å². The van der Waals surface area contributed by atoms with Crippen molar-refractivity contribution in [2.45, 2.75) is 13.5 Å². The Morgan fingerprint density at radius 1 is 1.04 bits per heavy atom. The van der Waals surface area contributed by atoms with Crippen LogP contribution in [-0.2, 0) is 11.3 Å². The smallest absolute Gasteiger partial charge is 0.268 e. The maximum absolute atomic E-state index is 12.6. The zero-order valence-corrected chi connectivity index (χ0v) is 16.2. The number of thioether (sulfide) groups is 1. The SMILES string of the molecule is CC(=C\c1ccccc1)/C=C1/SC(=O)N(Cc2c(Cl)cccc2Cl)C1=O. The lowest BCUT2D eigenvalue weighted by molar-refractivity contribution is -0.123. The van der Waals surface area contributed by atoms with Crippen molar-refractivity contribution in [3.8, 4) is 0 Å². The quantitative estimate of drug-likeness (QED) is 0.572. The fourth-order valence-corrected chi connectivity index (χ4v) is 3.94. The van der Waals surface area contributed by atoms with E-state index in [4.69, 9.17) is 23.2 Å². The molecule has 0 aliphatic carbocycles. The Labute approximate surface area is 166 Å². The molecule has 26 heavy (non-hydrogen) atoms. The molecule has 1 fully saturated rings. The predicted molar refractivity (Wildman–Crippen MR) is 108 cm³/mol. The summed E-state index contributed by atoms with van der Waals surface area (Å²) >= 11 is 13.2. The molecule has 0 N–H and O–H groups in total. The van der Waals surface area contributed by atoms with Gasteiger partial charge in [0.1, 0.15) is 0 Å². The first-order valence-corrected chi connectivity index (χ1v) is 9.44. The van der Waals surface area contributed by atoms with Gasteiger partial charge in [0, 0.05) is 15.6 Å². The summed E-state index contributed by atoms with van der Waals surface area (Å²) in [5.74, 6) is -0.336. The number of carbonyl (C=O) groups excluding carboxylic acids is 2. The summed E-state index contributed by atoms with van der Waals surface area (Å²) in [5.41, 5.74) is 2.48. The number of carbonyl (C=O) groups is 2. The Balaban J connectivity index is 1.82. The molecule has 0 radical (unpaired) electrons. The van der Waals surface area contributed by atoms with Crippen LogP contribution >= 0.6 is 35.0 Å². The van der Waals surface area contributed by atoms with E-state index < -0.39 is 0 Å². The summed E-state index contributed by atoms with van der Waals surface area (Å²) in [4.78, 5) is 26.5. The highest BCUT2D eigenvalue weighted by molar-refractivity contribution is 8.18. The first-order valence-electron chi connectivity index (χ1n) is 7.87. The van der Waals surface area contributed by atoms with Gasteiger partial charge in [0.2, 0.25) is 0 Å². The lowest BCUT2D eigenvalue weighted by Crippen LogP contribution is -2.27. The lowest BCUT2D eigenvalue weighted by atomic mass is 10.1. The average Bonchev–Trinajstić information content (AvgIpc) is 2.86. The van der Waals surface area contributed by atoms with Gasteiger partial charge < -0.3 is 0 Å². The maximum Gasteiger partial charge on any atom is 0.293 e. The van der Waals surface area contributed by atoms with Crippen molar-refractivity contribution < 1.29 is 9.59 Å². The van der Waals surface area contributed by atoms with Crippen molar-refractivity contribution in [2.24, 2.45) is 0 Å². The van der Waals surface area contributed by atoms with E-state index in [9.17, 15) is 9.59 Å². The number of nitrogens with zero attached hydrogens (tertiary/aromatic N) is 1. The summed E-state index contributed by atoms with van der Waals surface area (Å²) in [6, 6.07) is 14.9. The highest BCUT2D eigenvalue weighted by atomic mass is 35.5. The van der Waals surface area contributed by atoms with Gasteiger partial charge in [0.25, 0.3) is 11.1 Å². The third-order valence-electron chi connectivity index (χ3n) is 3.80. The molecule has 1 saturated heterocycles. The standard InChI is InChI=1S/C20H15Cl2NO2S/c1-13(10-14-6-3-2-4-7-14)11-18-19(24)23(20(25)26-18)12-15-16(21)8-5-9-17(15)22/h2-11H,12H2,1H3/b13-10+,18-11+. The Kier molecular flexibility index (Phi) is 5.87. The van der Waals surface area contributed by atoms with E-state index in [1.54, 1.807) is 24.3 Å². The average molecular weight is 404 g/mol. The molecular formula is C20H15Cl2NO2S. The second-order valence-electron chi connectivity index (χ2n) is 5.77. The summed E-state index contributed by atoms with van der Waals surface area (Å²) in [6.07, 6.45) is 3.69. The van der Waals surface area contributed by atoms with Gasteiger partial charge in [-0.3, -0.25) is 14.5 Å². The molecule has 2 aromatic rings. The molecule has 0 saturated carbocycles. The first-order chi connectivity index (χ1) is 12.5. The summed E-state index contributed by atoms with van der Waals surface area (Å²) < 4.78 is 0. The first kappa shape index (κ1) is 18.8. The number of halogens is 2. The topological polar surface area (TPSA) is 37.4 Å². The third kappa shape index (κ3) is 4.21. The summed E-state index contributed by atoms with van der Waals surface area (Å²) in [5, 5.41) is 0.533. The van der Waals surface area contributed by atoms with Crippen LogP contribution in [0.15, 0.2) is 65.1 Å². The van der Waals surface area contributed by atoms with E-state index in [0.717, 1.165) is 22.9 Å². The predicted octanol–water partition coefficient (Wildman–Crippen LogP) is 6.18. The zero-order valence-electron chi connectivity index (χ0n) is 13.9. The number of allylic oxidation sites excluding steroid dienone is 2. The van der Waals surface area contributed by atoms with Gasteiger partial charge in [-0.1, -0.05) is 65.7 Å². The molecule has 0 unspecified atom stereocenters. The monoisotopic (exact) mass is 403 g/mol. The van der Waals surface area contributed by atoms with Crippen LogP contribution < -0.4 is 0 Å². The number of rotatable bonds is 4. The number of hydrogen-bond acceptors (Lipinski definition) is 3. The molecule has 0 aromatic heterocycles. The molecule has 0 atom stereocenters. The van der Waals surface area contributed by atoms with E-state index in [0.29, 0.717) is 20.5 Å². The molecule has 2 aromatic carbocycles. The minimum Gasteiger partial charge on any atom is -0.268 e. The Bertz CT molecular complexity index is 902. The van der Waals surface area contributed by atoms with Crippen molar-refractivity contribution in [1.82, 2.24) is 4.90 Å². The molecule has 132 valence electrons. The summed E-state index contributed by atoms with van der Waals surface area (Å²) in [7, 11) is 0. The van der Waals surface area contributed by atoms with Gasteiger partial charge in [-0.2, -0.15) is 0 Å². The van der Waals surface area contributed by atoms with Crippen LogP contribution in [0.4, 0.5) is 4.79 Å². The Morgan fingerprint density at radius 3 is 2.35 bits per heavy atom. The second-order valence-corrected chi connectivity index (χ2v) is 7.57. The van der Waals surface area contributed by atoms with Gasteiger partial charge in [-0.15, -0.1) is 0 Å². The third-order valence-corrected chi connectivity index (χ3v) is 5.42. The molecule has 0 bridgehead atoms. The molecule has 3 nitrogen and oxygen atoms in total. The highest BCUT2D eigenvalue weighted by Crippen LogP contribution is 2.35. The fourth-order valence-electron chi connectivity index (χ4n) is 2.54. The van der Waals surface area contributed by atoms with E-state index in [-0.39, 0.29) is 17.7 Å². The highest BCUT2D eigenvalue weighted by Gasteiger charge is 2.35. The Hall–Kier alpha value is -2.01. The minimum atomic E-state index is -0.336. The molecule has 1 heterocycles. The van der Waals surface area contributed by atoms with E-state index in [1.807, 2.05) is 43.3 Å². The number of amides is 2. The molecule has 1 aliphatic heterocycles. The van der Waals surface area contributed by atoms with Crippen molar-refractivity contribution in [1.29, 1.82) is 0 Å². The van der Waals surface area contributed by atoms with Crippen LogP contribution in [0, 0.1) is 0 Å². The molecule has 2 amide bonds. The van der Waals surface area contributed by atoms with Gasteiger partial charge >= 0.3 is 0 Å². The van der Waals surface area contributed by atoms with Gasteiger partial charge in [-0.25, -0.2) is 0 Å². The fraction of sp³-hybridized carbons (Fsp3) is 0.100. The normalized spacial score (nSPS) is 16.7. The number of hydrogen-bond donors (Lipinski definition) is 0. The zero-order chi connectivity index (χ0) is 18.7. The molecular weight excluding hydrogens is 389 g/mol. The maximum atomic E-state index is 12.6. The van der Waals surface area contributed by atoms with E-state index >= 15 is 0 Å². The minimum absolute atomic E-state index is 0.0575. The van der Waals surface area contributed by atoms with Crippen LogP contribution in [0.2, 0.25) is 10.0 Å². The van der Waals surface area contributed by atoms with Crippen LogP contribution in [0.3, 0.4) is 0 Å². The van der Waals surface area contributed by atoms with Crippen molar-refractivity contribution in [3.63, 3.8) is 0 Å². The number of imide groups is 1. The number of benzene rings is 2. The lowest BCUT2D eigenvalue weighted by Gasteiger charge is -2.14. The molecule has 1 aliphatic rings. The van der Waals surface area contributed by atoms with E-state index in [1.165, 1.54) is 4.90 Å².